The predicted octanol–water partition coefficient (Wildman–Crippen LogP) is 2.60. The summed E-state index contributed by atoms with van der Waals surface area (Å²) < 4.78 is 180. The topological polar surface area (TPSA) is 89.6 Å². The second kappa shape index (κ2) is 5.51. The maximum Gasteiger partial charge on any atom is 0.519 e. The van der Waals surface area contributed by atoms with Crippen LogP contribution in [0.2, 0.25) is 0 Å². The molecule has 0 amide bonds. The minimum absolute atomic E-state index is 0.668. The summed E-state index contributed by atoms with van der Waals surface area (Å²) in [6, 6.07) is 0. The zero-order valence-corrected chi connectivity index (χ0v) is 11.7. The smallest absolute Gasteiger partial charge is 0.239 e. The van der Waals surface area contributed by atoms with E-state index in [0.29, 0.717) is 3.77 Å². The van der Waals surface area contributed by atoms with Crippen LogP contribution >= 0.6 is 0 Å². The Kier molecular flexibility index (Phi) is 5.29. The van der Waals surface area contributed by atoms with E-state index in [0.717, 1.165) is 0 Å². The Balaban J connectivity index is 6.60. The van der Waals surface area contributed by atoms with Gasteiger partial charge >= 0.3 is 38.8 Å². The Morgan fingerprint density at radius 1 is 0.667 bits per heavy atom. The number of nitrogens with zero attached hydrogens (tertiary/aromatic N) is 1. The Labute approximate surface area is 124 Å². The minimum Gasteiger partial charge on any atom is -0.239 e. The summed E-state index contributed by atoms with van der Waals surface area (Å²) in [4.78, 5) is 0. The summed E-state index contributed by atoms with van der Waals surface area (Å²) in [5, 5.41) is -3.68. The number of alkyl halides is 12. The molecular formula is C5H2F12N2O3S2. The molecule has 0 radical (unpaired) electrons. The van der Waals surface area contributed by atoms with Crippen LogP contribution in [0.4, 0.5) is 52.7 Å². The number of sulfonamides is 1. The van der Waals surface area contributed by atoms with Crippen LogP contribution in [0.1, 0.15) is 0 Å². The lowest BCUT2D eigenvalue weighted by Gasteiger charge is -2.33. The first-order valence-electron chi connectivity index (χ1n) is 4.53. The van der Waals surface area contributed by atoms with Gasteiger partial charge in [0.25, 0.3) is 0 Å². The lowest BCUT2D eigenvalue weighted by atomic mass is 10.1. The van der Waals surface area contributed by atoms with Crippen molar-refractivity contribution in [2.45, 2.75) is 28.8 Å². The van der Waals surface area contributed by atoms with E-state index in [1.807, 2.05) is 0 Å². The van der Waals surface area contributed by atoms with Gasteiger partial charge in [-0.15, -0.1) is 0 Å². The monoisotopic (exact) mass is 430 g/mol. The second-order valence-corrected chi connectivity index (χ2v) is 7.39. The van der Waals surface area contributed by atoms with Gasteiger partial charge in [-0.3, -0.25) is 0 Å². The highest BCUT2D eigenvalue weighted by atomic mass is 32.3. The SMILES string of the molecule is NS(=O)(=NS(=O)(=O)C(F)(F)F)C(F)(F)C(F)(F)C(F)(F)C(F)(F)F. The molecule has 24 heavy (non-hydrogen) atoms. The van der Waals surface area contributed by atoms with Gasteiger partial charge in [0, 0.05) is 0 Å². The summed E-state index contributed by atoms with van der Waals surface area (Å²) in [5.41, 5.74) is -6.63. The Morgan fingerprint density at radius 2 is 1.00 bits per heavy atom. The fourth-order valence-electron chi connectivity index (χ4n) is 0.779. The summed E-state index contributed by atoms with van der Waals surface area (Å²) in [6.45, 7) is 0. The van der Waals surface area contributed by atoms with Gasteiger partial charge in [-0.1, -0.05) is 3.77 Å². The van der Waals surface area contributed by atoms with E-state index in [2.05, 4.69) is 5.14 Å². The quantitative estimate of drug-likeness (QED) is 0.696. The van der Waals surface area contributed by atoms with Crippen LogP contribution in [0, 0.1) is 0 Å². The van der Waals surface area contributed by atoms with Crippen LogP contribution in [0.25, 0.3) is 0 Å². The molecule has 0 rings (SSSR count). The molecule has 0 spiro atoms. The van der Waals surface area contributed by atoms with Crippen LogP contribution in [0.15, 0.2) is 3.77 Å². The molecule has 0 saturated heterocycles. The van der Waals surface area contributed by atoms with Crippen molar-refractivity contribution in [3.8, 4) is 0 Å². The van der Waals surface area contributed by atoms with E-state index < -0.39 is 48.7 Å². The highest BCUT2D eigenvalue weighted by Crippen LogP contribution is 2.54. The van der Waals surface area contributed by atoms with Gasteiger partial charge < -0.3 is 0 Å². The third kappa shape index (κ3) is 3.37. The summed E-state index contributed by atoms with van der Waals surface area (Å²) in [5.74, 6) is -15.4. The van der Waals surface area contributed by atoms with Gasteiger partial charge in [0.1, 0.15) is 0 Å². The van der Waals surface area contributed by atoms with Gasteiger partial charge in [-0.05, 0) is 0 Å². The van der Waals surface area contributed by atoms with Crippen LogP contribution in [-0.2, 0) is 19.9 Å². The van der Waals surface area contributed by atoms with Crippen molar-refractivity contribution < 1.29 is 65.3 Å². The zero-order chi connectivity index (χ0) is 20.2. The summed E-state index contributed by atoms with van der Waals surface area (Å²) in [6.07, 6.45) is -7.39. The number of hydrogen-bond acceptors (Lipinski definition) is 3. The van der Waals surface area contributed by atoms with E-state index in [-0.39, 0.29) is 0 Å². The van der Waals surface area contributed by atoms with Crippen molar-refractivity contribution in [2.75, 3.05) is 0 Å². The third-order valence-corrected chi connectivity index (χ3v) is 5.23. The van der Waals surface area contributed by atoms with Crippen molar-refractivity contribution in [1.29, 1.82) is 0 Å². The third-order valence-electron chi connectivity index (χ3n) is 1.98. The predicted molar refractivity (Wildman–Crippen MR) is 50.6 cm³/mol. The molecule has 146 valence electrons. The van der Waals surface area contributed by atoms with Crippen molar-refractivity contribution >= 4 is 19.9 Å². The average Bonchev–Trinajstić information content (AvgIpc) is 2.23. The molecule has 1 unspecified atom stereocenters. The number of halogens is 12. The van der Waals surface area contributed by atoms with Crippen molar-refractivity contribution in [1.82, 2.24) is 0 Å². The van der Waals surface area contributed by atoms with E-state index in [4.69, 9.17) is 0 Å². The highest BCUT2D eigenvalue weighted by molar-refractivity contribution is 8.03. The van der Waals surface area contributed by atoms with Gasteiger partial charge in [-0.25, -0.2) is 9.35 Å². The molecule has 0 aromatic rings. The number of nitrogens with two attached hydrogens (primary N) is 1. The Bertz CT molecular complexity index is 710. The first-order valence-corrected chi connectivity index (χ1v) is 7.55. The molecule has 0 saturated carbocycles. The molecule has 0 fully saturated rings. The van der Waals surface area contributed by atoms with Crippen molar-refractivity contribution in [2.24, 2.45) is 8.91 Å². The standard InChI is InChI=1S/C5H2F12N2O3S2/c6-1(7,3(10,11)12)2(8,9)4(13,14)23(18,20)19-24(21,22)5(15,16)17/h(H2,18,19,20). The Morgan fingerprint density at radius 3 is 1.25 bits per heavy atom. The van der Waals surface area contributed by atoms with Crippen molar-refractivity contribution in [3.63, 3.8) is 0 Å². The van der Waals surface area contributed by atoms with Crippen LogP contribution in [0.5, 0.6) is 0 Å². The van der Waals surface area contributed by atoms with E-state index in [1.54, 1.807) is 0 Å². The highest BCUT2D eigenvalue weighted by Gasteiger charge is 2.84. The lowest BCUT2D eigenvalue weighted by molar-refractivity contribution is -0.381. The van der Waals surface area contributed by atoms with Gasteiger partial charge in [0.2, 0.25) is 0 Å². The number of hydrogen-bond donors (Lipinski definition) is 1. The minimum atomic E-state index is -7.71. The molecule has 2 N–H and O–H groups in total. The molecule has 0 aliphatic heterocycles. The second-order valence-electron chi connectivity index (χ2n) is 3.73. The van der Waals surface area contributed by atoms with Crippen LogP contribution in [-0.4, -0.2) is 41.4 Å². The maximum atomic E-state index is 13.1. The van der Waals surface area contributed by atoms with Gasteiger partial charge in [0.15, 0.2) is 9.92 Å². The fraction of sp³-hybridized carbons (Fsp3) is 1.00. The van der Waals surface area contributed by atoms with E-state index in [1.165, 1.54) is 0 Å². The summed E-state index contributed by atoms with van der Waals surface area (Å²) >= 11 is 0. The maximum absolute atomic E-state index is 13.1. The Hall–Kier alpha value is -0.980. The average molecular weight is 430 g/mol. The summed E-state index contributed by atoms with van der Waals surface area (Å²) in [7, 11) is -14.6. The van der Waals surface area contributed by atoms with E-state index >= 15 is 0 Å². The van der Waals surface area contributed by atoms with Gasteiger partial charge in [-0.2, -0.15) is 61.1 Å². The zero-order valence-electron chi connectivity index (χ0n) is 10.1. The van der Waals surface area contributed by atoms with Gasteiger partial charge in [0.05, 0.1) is 0 Å². The fourth-order valence-corrected chi connectivity index (χ4v) is 3.15. The molecule has 0 heterocycles. The molecule has 19 heteroatoms. The molecule has 0 aromatic carbocycles. The van der Waals surface area contributed by atoms with E-state index in [9.17, 15) is 65.3 Å². The molecule has 0 bridgehead atoms. The molecule has 0 aliphatic carbocycles. The lowest BCUT2D eigenvalue weighted by Crippen LogP contribution is -2.64. The largest absolute Gasteiger partial charge is 0.519 e. The number of rotatable bonds is 4. The molecule has 0 aliphatic rings. The molecule has 5 nitrogen and oxygen atoms in total. The first-order chi connectivity index (χ1) is 9.96. The molecule has 1 atom stereocenters. The normalized spacial score (nSPS) is 18.2. The van der Waals surface area contributed by atoms with Crippen LogP contribution < -0.4 is 5.14 Å². The van der Waals surface area contributed by atoms with Crippen LogP contribution in [0.3, 0.4) is 0 Å². The molecule has 0 aromatic heterocycles. The molecular weight excluding hydrogens is 428 g/mol. The van der Waals surface area contributed by atoms with Crippen molar-refractivity contribution in [3.05, 3.63) is 0 Å². The first kappa shape index (κ1) is 23.0.